The lowest BCUT2D eigenvalue weighted by molar-refractivity contribution is -0.119. The summed E-state index contributed by atoms with van der Waals surface area (Å²) in [5, 5.41) is 0. The number of ketones is 1. The van der Waals surface area contributed by atoms with Crippen LogP contribution in [-0.4, -0.2) is 5.78 Å². The smallest absolute Gasteiger partial charge is 0.134 e. The van der Waals surface area contributed by atoms with Gasteiger partial charge in [0.2, 0.25) is 0 Å². The molecule has 0 bridgehead atoms. The molecule has 0 fully saturated rings. The molecule has 2 nitrogen and oxygen atoms in total. The molecule has 0 amide bonds. The Morgan fingerprint density at radius 3 is 2.57 bits per heavy atom. The molecule has 0 saturated heterocycles. The van der Waals surface area contributed by atoms with Crippen LogP contribution in [0.15, 0.2) is 30.3 Å². The van der Waals surface area contributed by atoms with Crippen LogP contribution in [0.5, 0.6) is 0 Å². The Morgan fingerprint density at radius 2 is 2.00 bits per heavy atom. The molecular weight excluding hydrogens is 174 g/mol. The highest BCUT2D eigenvalue weighted by molar-refractivity contribution is 5.79. The van der Waals surface area contributed by atoms with Crippen LogP contribution in [0.3, 0.4) is 0 Å². The lowest BCUT2D eigenvalue weighted by atomic mass is 10.0. The molecule has 0 heterocycles. The van der Waals surface area contributed by atoms with E-state index < -0.39 is 0 Å². The van der Waals surface area contributed by atoms with Crippen molar-refractivity contribution in [2.24, 2.45) is 5.73 Å². The minimum absolute atomic E-state index is 0.143. The number of carbonyl (C=O) groups excluding carboxylic acids is 1. The molecule has 1 rings (SSSR count). The van der Waals surface area contributed by atoms with Gasteiger partial charge in [0.1, 0.15) is 5.78 Å². The molecule has 2 heteroatoms. The van der Waals surface area contributed by atoms with E-state index in [2.05, 4.69) is 0 Å². The molecule has 0 spiro atoms. The molecular formula is C12H17NO. The summed E-state index contributed by atoms with van der Waals surface area (Å²) in [6.07, 6.45) is 2.00. The van der Waals surface area contributed by atoms with Gasteiger partial charge in [0, 0.05) is 18.9 Å². The summed E-state index contributed by atoms with van der Waals surface area (Å²) in [6.45, 7) is 2.01. The minimum atomic E-state index is -0.143. The quantitative estimate of drug-likeness (QED) is 0.776. The average Bonchev–Trinajstić information content (AvgIpc) is 2.19. The third-order valence-electron chi connectivity index (χ3n) is 2.20. The first-order chi connectivity index (χ1) is 6.74. The second kappa shape index (κ2) is 5.55. The molecule has 0 aliphatic rings. The molecule has 2 N–H and O–H groups in total. The van der Waals surface area contributed by atoms with Crippen LogP contribution in [0, 0.1) is 0 Å². The van der Waals surface area contributed by atoms with Gasteiger partial charge in [0.25, 0.3) is 0 Å². The monoisotopic (exact) mass is 191 g/mol. The average molecular weight is 191 g/mol. The van der Waals surface area contributed by atoms with E-state index in [4.69, 9.17) is 5.73 Å². The lowest BCUT2D eigenvalue weighted by Gasteiger charge is -2.10. The summed E-state index contributed by atoms with van der Waals surface area (Å²) in [6, 6.07) is 9.62. The molecule has 76 valence electrons. The van der Waals surface area contributed by atoms with Crippen LogP contribution in [-0.2, 0) is 4.79 Å². The number of hydrogen-bond donors (Lipinski definition) is 1. The zero-order chi connectivity index (χ0) is 10.4. The first-order valence-electron chi connectivity index (χ1n) is 5.06. The molecule has 1 aromatic rings. The van der Waals surface area contributed by atoms with Crippen molar-refractivity contribution in [1.82, 2.24) is 0 Å². The van der Waals surface area contributed by atoms with Gasteiger partial charge in [-0.2, -0.15) is 0 Å². The van der Waals surface area contributed by atoms with Crippen molar-refractivity contribution in [3.8, 4) is 0 Å². The van der Waals surface area contributed by atoms with Gasteiger partial charge in [0.15, 0.2) is 0 Å². The molecule has 1 aromatic carbocycles. The molecule has 14 heavy (non-hydrogen) atoms. The lowest BCUT2D eigenvalue weighted by Crippen LogP contribution is -2.15. The van der Waals surface area contributed by atoms with Crippen LogP contribution in [0.4, 0.5) is 0 Å². The third kappa shape index (κ3) is 3.30. The van der Waals surface area contributed by atoms with Gasteiger partial charge < -0.3 is 5.73 Å². The number of benzene rings is 1. The van der Waals surface area contributed by atoms with Gasteiger partial charge in [-0.05, 0) is 12.0 Å². The zero-order valence-electron chi connectivity index (χ0n) is 8.57. The maximum atomic E-state index is 11.3. The zero-order valence-corrected chi connectivity index (χ0v) is 8.57. The van der Waals surface area contributed by atoms with Crippen molar-refractivity contribution in [2.75, 3.05) is 0 Å². The highest BCUT2D eigenvalue weighted by atomic mass is 16.1. The Bertz CT molecular complexity index is 282. The maximum Gasteiger partial charge on any atom is 0.134 e. The van der Waals surface area contributed by atoms with Crippen LogP contribution in [0.2, 0.25) is 0 Å². The Hall–Kier alpha value is -1.15. The third-order valence-corrected chi connectivity index (χ3v) is 2.20. The predicted octanol–water partition coefficient (Wildman–Crippen LogP) is 2.45. The van der Waals surface area contributed by atoms with E-state index in [0.717, 1.165) is 12.0 Å². The van der Waals surface area contributed by atoms with Gasteiger partial charge in [-0.1, -0.05) is 37.3 Å². The molecule has 0 aromatic heterocycles. The van der Waals surface area contributed by atoms with Crippen molar-refractivity contribution in [2.45, 2.75) is 32.2 Å². The Labute approximate surface area is 85.1 Å². The highest BCUT2D eigenvalue weighted by Crippen LogP contribution is 2.14. The summed E-state index contributed by atoms with van der Waals surface area (Å²) in [7, 11) is 0. The van der Waals surface area contributed by atoms with Gasteiger partial charge in [0.05, 0.1) is 0 Å². The van der Waals surface area contributed by atoms with Crippen molar-refractivity contribution in [3.05, 3.63) is 35.9 Å². The summed E-state index contributed by atoms with van der Waals surface area (Å²) in [5.41, 5.74) is 6.94. The molecule has 0 saturated carbocycles. The number of rotatable bonds is 5. The summed E-state index contributed by atoms with van der Waals surface area (Å²) in [4.78, 5) is 11.3. The van der Waals surface area contributed by atoms with Crippen molar-refractivity contribution in [1.29, 1.82) is 0 Å². The van der Waals surface area contributed by atoms with Crippen LogP contribution in [0.25, 0.3) is 0 Å². The SMILES string of the molecule is CCCC(=O)CC(N)c1ccccc1. The van der Waals surface area contributed by atoms with E-state index in [0.29, 0.717) is 12.8 Å². The van der Waals surface area contributed by atoms with E-state index in [1.54, 1.807) is 0 Å². The van der Waals surface area contributed by atoms with Gasteiger partial charge >= 0.3 is 0 Å². The summed E-state index contributed by atoms with van der Waals surface area (Å²) >= 11 is 0. The maximum absolute atomic E-state index is 11.3. The summed E-state index contributed by atoms with van der Waals surface area (Å²) in [5.74, 6) is 0.254. The summed E-state index contributed by atoms with van der Waals surface area (Å²) < 4.78 is 0. The second-order valence-electron chi connectivity index (χ2n) is 3.51. The molecule has 0 aliphatic carbocycles. The first kappa shape index (κ1) is 10.9. The largest absolute Gasteiger partial charge is 0.324 e. The van der Waals surface area contributed by atoms with E-state index in [1.807, 2.05) is 37.3 Å². The fourth-order valence-corrected chi connectivity index (χ4v) is 1.44. The first-order valence-corrected chi connectivity index (χ1v) is 5.06. The molecule has 0 aliphatic heterocycles. The van der Waals surface area contributed by atoms with Crippen LogP contribution in [0.1, 0.15) is 37.8 Å². The Kier molecular flexibility index (Phi) is 4.33. The highest BCUT2D eigenvalue weighted by Gasteiger charge is 2.09. The second-order valence-corrected chi connectivity index (χ2v) is 3.51. The number of Topliss-reactive ketones (excluding diaryl/α,β-unsaturated/α-hetero) is 1. The fourth-order valence-electron chi connectivity index (χ4n) is 1.44. The van der Waals surface area contributed by atoms with Crippen LogP contribution < -0.4 is 5.73 Å². The molecule has 1 unspecified atom stereocenters. The van der Waals surface area contributed by atoms with Gasteiger partial charge in [-0.3, -0.25) is 4.79 Å². The standard InChI is InChI=1S/C12H17NO/c1-2-6-11(14)9-12(13)10-7-4-3-5-8-10/h3-5,7-8,12H,2,6,9,13H2,1H3. The topological polar surface area (TPSA) is 43.1 Å². The fraction of sp³-hybridized carbons (Fsp3) is 0.417. The van der Waals surface area contributed by atoms with E-state index in [1.165, 1.54) is 0 Å². The van der Waals surface area contributed by atoms with Crippen molar-refractivity contribution >= 4 is 5.78 Å². The normalized spacial score (nSPS) is 12.4. The Balaban J connectivity index is 2.50. The number of hydrogen-bond acceptors (Lipinski definition) is 2. The predicted molar refractivity (Wildman–Crippen MR) is 57.9 cm³/mol. The van der Waals surface area contributed by atoms with Crippen molar-refractivity contribution in [3.63, 3.8) is 0 Å². The van der Waals surface area contributed by atoms with Crippen molar-refractivity contribution < 1.29 is 4.79 Å². The minimum Gasteiger partial charge on any atom is -0.324 e. The van der Waals surface area contributed by atoms with E-state index in [-0.39, 0.29) is 11.8 Å². The van der Waals surface area contributed by atoms with Gasteiger partial charge in [-0.25, -0.2) is 0 Å². The Morgan fingerprint density at radius 1 is 1.36 bits per heavy atom. The molecule has 0 radical (unpaired) electrons. The van der Waals surface area contributed by atoms with Gasteiger partial charge in [-0.15, -0.1) is 0 Å². The molecule has 1 atom stereocenters. The van der Waals surface area contributed by atoms with E-state index >= 15 is 0 Å². The van der Waals surface area contributed by atoms with Crippen LogP contribution >= 0.6 is 0 Å². The van der Waals surface area contributed by atoms with E-state index in [9.17, 15) is 4.79 Å². The number of carbonyl (C=O) groups is 1. The number of nitrogens with two attached hydrogens (primary N) is 1.